The number of hydrogen-bond donors (Lipinski definition) is 1. The van der Waals surface area contributed by atoms with Crippen LogP contribution in [-0.4, -0.2) is 14.9 Å². The van der Waals surface area contributed by atoms with E-state index >= 15 is 0 Å². The summed E-state index contributed by atoms with van der Waals surface area (Å²) < 4.78 is 8.58. The predicted molar refractivity (Wildman–Crippen MR) is 86.8 cm³/mol. The lowest BCUT2D eigenvalue weighted by molar-refractivity contribution is 0.189. The van der Waals surface area contributed by atoms with Gasteiger partial charge in [-0.2, -0.15) is 5.10 Å². The predicted octanol–water partition coefficient (Wildman–Crippen LogP) is 4.26. The molecule has 2 aromatic rings. The standard InChI is InChI=1S/C15H18BrClN2O2/c1-4-19-13(15(17)9(2)18-19)8-21-14-6-5-11(16)7-12(14)10(3)20/h5-7,10,20H,4,8H2,1-3H3. The second-order valence-corrected chi connectivity index (χ2v) is 6.10. The highest BCUT2D eigenvalue weighted by Gasteiger charge is 2.15. The highest BCUT2D eigenvalue weighted by molar-refractivity contribution is 9.10. The third-order valence-electron chi connectivity index (χ3n) is 3.24. The summed E-state index contributed by atoms with van der Waals surface area (Å²) in [6.07, 6.45) is -0.606. The fourth-order valence-electron chi connectivity index (χ4n) is 2.13. The van der Waals surface area contributed by atoms with Crippen molar-refractivity contribution in [2.45, 2.75) is 40.0 Å². The number of halogens is 2. The second kappa shape index (κ2) is 6.81. The van der Waals surface area contributed by atoms with Crippen molar-refractivity contribution in [2.75, 3.05) is 0 Å². The maximum Gasteiger partial charge on any atom is 0.131 e. The van der Waals surface area contributed by atoms with Gasteiger partial charge < -0.3 is 9.84 Å². The molecule has 0 spiro atoms. The first kappa shape index (κ1) is 16.3. The number of aryl methyl sites for hydroxylation is 2. The van der Waals surface area contributed by atoms with Gasteiger partial charge in [0, 0.05) is 16.6 Å². The Kier molecular flexibility index (Phi) is 5.30. The molecule has 0 saturated carbocycles. The summed E-state index contributed by atoms with van der Waals surface area (Å²) in [6, 6.07) is 5.56. The molecule has 1 heterocycles. The van der Waals surface area contributed by atoms with Gasteiger partial charge in [0.1, 0.15) is 12.4 Å². The number of ether oxygens (including phenoxy) is 1. The van der Waals surface area contributed by atoms with Crippen LogP contribution >= 0.6 is 27.5 Å². The molecule has 1 aromatic heterocycles. The molecule has 0 aliphatic carbocycles. The molecule has 4 nitrogen and oxygen atoms in total. The van der Waals surface area contributed by atoms with Crippen LogP contribution in [-0.2, 0) is 13.2 Å². The number of aliphatic hydroxyl groups is 1. The second-order valence-electron chi connectivity index (χ2n) is 4.81. The highest BCUT2D eigenvalue weighted by Crippen LogP contribution is 2.30. The number of aromatic nitrogens is 2. The van der Waals surface area contributed by atoms with Crippen LogP contribution in [0.25, 0.3) is 0 Å². The summed E-state index contributed by atoms with van der Waals surface area (Å²) in [5.74, 6) is 0.644. The van der Waals surface area contributed by atoms with E-state index in [0.717, 1.165) is 28.0 Å². The maximum absolute atomic E-state index is 9.84. The molecule has 0 radical (unpaired) electrons. The van der Waals surface area contributed by atoms with E-state index in [2.05, 4.69) is 21.0 Å². The summed E-state index contributed by atoms with van der Waals surface area (Å²) >= 11 is 9.66. The third-order valence-corrected chi connectivity index (χ3v) is 4.22. The largest absolute Gasteiger partial charge is 0.487 e. The first-order valence-electron chi connectivity index (χ1n) is 6.76. The summed E-state index contributed by atoms with van der Waals surface area (Å²) in [4.78, 5) is 0. The number of hydrogen-bond acceptors (Lipinski definition) is 3. The fraction of sp³-hybridized carbons (Fsp3) is 0.400. The van der Waals surface area contributed by atoms with Crippen molar-refractivity contribution < 1.29 is 9.84 Å². The molecule has 0 aliphatic rings. The van der Waals surface area contributed by atoms with Gasteiger partial charge in [-0.15, -0.1) is 0 Å². The number of aliphatic hydroxyl groups excluding tert-OH is 1. The van der Waals surface area contributed by atoms with E-state index in [1.54, 1.807) is 6.92 Å². The highest BCUT2D eigenvalue weighted by atomic mass is 79.9. The van der Waals surface area contributed by atoms with Crippen molar-refractivity contribution in [3.8, 4) is 5.75 Å². The van der Waals surface area contributed by atoms with Crippen molar-refractivity contribution in [1.82, 2.24) is 9.78 Å². The molecule has 1 atom stereocenters. The van der Waals surface area contributed by atoms with Crippen molar-refractivity contribution in [3.05, 3.63) is 44.6 Å². The average molecular weight is 374 g/mol. The zero-order valence-electron chi connectivity index (χ0n) is 12.2. The molecule has 0 saturated heterocycles. The van der Waals surface area contributed by atoms with E-state index in [1.807, 2.05) is 36.7 Å². The van der Waals surface area contributed by atoms with E-state index in [4.69, 9.17) is 16.3 Å². The van der Waals surface area contributed by atoms with E-state index in [9.17, 15) is 5.11 Å². The van der Waals surface area contributed by atoms with E-state index in [0.29, 0.717) is 17.4 Å². The van der Waals surface area contributed by atoms with E-state index in [1.165, 1.54) is 0 Å². The Bertz CT molecular complexity index is 641. The van der Waals surface area contributed by atoms with Crippen LogP contribution in [0.3, 0.4) is 0 Å². The zero-order chi connectivity index (χ0) is 15.6. The molecule has 1 N–H and O–H groups in total. The lowest BCUT2D eigenvalue weighted by Crippen LogP contribution is -2.08. The molecule has 6 heteroatoms. The third kappa shape index (κ3) is 3.59. The minimum Gasteiger partial charge on any atom is -0.487 e. The van der Waals surface area contributed by atoms with Crippen molar-refractivity contribution in [2.24, 2.45) is 0 Å². The topological polar surface area (TPSA) is 47.3 Å². The summed E-state index contributed by atoms with van der Waals surface area (Å²) in [6.45, 7) is 6.64. The lowest BCUT2D eigenvalue weighted by Gasteiger charge is -2.14. The molecule has 0 bridgehead atoms. The van der Waals surface area contributed by atoms with Crippen LogP contribution in [0.2, 0.25) is 5.02 Å². The van der Waals surface area contributed by atoms with Crippen LogP contribution in [0, 0.1) is 6.92 Å². The van der Waals surface area contributed by atoms with Gasteiger partial charge in [-0.25, -0.2) is 0 Å². The summed E-state index contributed by atoms with van der Waals surface area (Å²) in [7, 11) is 0. The van der Waals surface area contributed by atoms with Crippen molar-refractivity contribution in [3.63, 3.8) is 0 Å². The maximum atomic E-state index is 9.84. The Balaban J connectivity index is 2.25. The molecule has 21 heavy (non-hydrogen) atoms. The first-order chi connectivity index (χ1) is 9.93. The fourth-order valence-corrected chi connectivity index (χ4v) is 2.70. The molecule has 114 valence electrons. The van der Waals surface area contributed by atoms with Gasteiger partial charge in [-0.05, 0) is 39.0 Å². The number of nitrogens with zero attached hydrogens (tertiary/aromatic N) is 2. The Morgan fingerprint density at radius 3 is 2.81 bits per heavy atom. The average Bonchev–Trinajstić information content (AvgIpc) is 2.72. The summed E-state index contributed by atoms with van der Waals surface area (Å²) in [5, 5.41) is 14.8. The molecule has 1 unspecified atom stereocenters. The van der Waals surface area contributed by atoms with Crippen LogP contribution in [0.5, 0.6) is 5.75 Å². The molecule has 1 aromatic carbocycles. The summed E-state index contributed by atoms with van der Waals surface area (Å²) in [5.41, 5.74) is 2.37. The van der Waals surface area contributed by atoms with E-state index < -0.39 is 6.10 Å². The Morgan fingerprint density at radius 1 is 1.48 bits per heavy atom. The molecule has 0 fully saturated rings. The minimum atomic E-state index is -0.606. The van der Waals surface area contributed by atoms with Crippen LogP contribution in [0.4, 0.5) is 0 Å². The quantitative estimate of drug-likeness (QED) is 0.852. The smallest absolute Gasteiger partial charge is 0.131 e. The SMILES string of the molecule is CCn1nc(C)c(Cl)c1COc1ccc(Br)cc1C(C)O. The van der Waals surface area contributed by atoms with E-state index in [-0.39, 0.29) is 0 Å². The Hall–Kier alpha value is -1.04. The molecule has 0 amide bonds. The monoisotopic (exact) mass is 372 g/mol. The van der Waals surface area contributed by atoms with Gasteiger partial charge in [-0.1, -0.05) is 27.5 Å². The van der Waals surface area contributed by atoms with Crippen LogP contribution in [0.1, 0.15) is 36.9 Å². The minimum absolute atomic E-state index is 0.314. The molecule has 2 rings (SSSR count). The Morgan fingerprint density at radius 2 is 2.19 bits per heavy atom. The van der Waals surface area contributed by atoms with Gasteiger partial charge in [0.05, 0.1) is 22.5 Å². The van der Waals surface area contributed by atoms with Crippen LogP contribution < -0.4 is 4.74 Å². The van der Waals surface area contributed by atoms with Gasteiger partial charge in [-0.3, -0.25) is 4.68 Å². The van der Waals surface area contributed by atoms with Gasteiger partial charge in [0.25, 0.3) is 0 Å². The van der Waals surface area contributed by atoms with Crippen molar-refractivity contribution >= 4 is 27.5 Å². The zero-order valence-corrected chi connectivity index (χ0v) is 14.6. The van der Waals surface area contributed by atoms with Crippen molar-refractivity contribution in [1.29, 1.82) is 0 Å². The molecule has 0 aliphatic heterocycles. The van der Waals surface area contributed by atoms with Crippen LogP contribution in [0.15, 0.2) is 22.7 Å². The first-order valence-corrected chi connectivity index (χ1v) is 7.93. The van der Waals surface area contributed by atoms with Gasteiger partial charge in [0.2, 0.25) is 0 Å². The Labute approximate surface area is 137 Å². The van der Waals surface area contributed by atoms with Gasteiger partial charge in [0.15, 0.2) is 0 Å². The number of rotatable bonds is 5. The number of benzene rings is 1. The van der Waals surface area contributed by atoms with Gasteiger partial charge >= 0.3 is 0 Å². The molecular formula is C15H18BrClN2O2. The molecular weight excluding hydrogens is 356 g/mol. The lowest BCUT2D eigenvalue weighted by atomic mass is 10.1. The normalized spacial score (nSPS) is 12.5.